The van der Waals surface area contributed by atoms with Gasteiger partial charge in [-0.3, -0.25) is 0 Å². The second kappa shape index (κ2) is 12.8. The Hall–Kier alpha value is -3.27. The Kier molecular flexibility index (Phi) is 9.57. The van der Waals surface area contributed by atoms with Crippen molar-refractivity contribution in [3.8, 4) is 28.4 Å². The molecule has 0 spiro atoms. The molecule has 5 N–H and O–H groups in total. The topological polar surface area (TPSA) is 127 Å². The summed E-state index contributed by atoms with van der Waals surface area (Å²) in [5, 5.41) is 15.8. The summed E-state index contributed by atoms with van der Waals surface area (Å²) in [6, 6.07) is 11.2. The second-order valence-electron chi connectivity index (χ2n) is 7.96. The Morgan fingerprint density at radius 3 is 2.59 bits per heavy atom. The minimum absolute atomic E-state index is 0.191. The summed E-state index contributed by atoms with van der Waals surface area (Å²) < 4.78 is 10.6. The van der Waals surface area contributed by atoms with Gasteiger partial charge in [-0.25, -0.2) is 15.0 Å². The highest BCUT2D eigenvalue weighted by Crippen LogP contribution is 2.29. The molecule has 1 aromatic carbocycles. The summed E-state index contributed by atoms with van der Waals surface area (Å²) in [5.41, 5.74) is 9.43. The number of nitrogens with zero attached hydrogens (tertiary/aromatic N) is 3. The molecule has 0 amide bonds. The number of hydrogen-bond acceptors (Lipinski definition) is 9. The lowest BCUT2D eigenvalue weighted by molar-refractivity contribution is 0.108. The molecule has 1 aliphatic rings. The van der Waals surface area contributed by atoms with E-state index in [9.17, 15) is 5.11 Å². The number of nitrogens with two attached hydrogens (primary N) is 1. The van der Waals surface area contributed by atoms with Gasteiger partial charge in [-0.15, -0.1) is 0 Å². The molecule has 4 rings (SSSR count). The zero-order chi connectivity index (χ0) is 24.3. The lowest BCUT2D eigenvalue weighted by atomic mass is 10.1. The molecular formula is C25H34N6O3. The number of nitrogen functional groups attached to an aromatic ring is 1. The first-order valence-electron chi connectivity index (χ1n) is 11.4. The van der Waals surface area contributed by atoms with Gasteiger partial charge in [0.1, 0.15) is 30.1 Å². The van der Waals surface area contributed by atoms with Crippen LogP contribution < -0.4 is 21.1 Å². The molecule has 1 atom stereocenters. The molecule has 1 saturated heterocycles. The molecule has 1 unspecified atom stereocenters. The van der Waals surface area contributed by atoms with Gasteiger partial charge in [-0.1, -0.05) is 12.1 Å². The van der Waals surface area contributed by atoms with Crippen LogP contribution in [0.2, 0.25) is 0 Å². The van der Waals surface area contributed by atoms with Gasteiger partial charge in [0.2, 0.25) is 0 Å². The summed E-state index contributed by atoms with van der Waals surface area (Å²) in [6.07, 6.45) is 3.69. The highest BCUT2D eigenvalue weighted by molar-refractivity contribution is 5.72. The number of hydrogen-bond donors (Lipinski definition) is 4. The fourth-order valence-electron chi connectivity index (χ4n) is 3.38. The largest absolute Gasteiger partial charge is 0.491 e. The van der Waals surface area contributed by atoms with Gasteiger partial charge in [0.25, 0.3) is 0 Å². The van der Waals surface area contributed by atoms with Crippen molar-refractivity contribution in [3.63, 3.8) is 0 Å². The van der Waals surface area contributed by atoms with E-state index in [1.54, 1.807) is 13.2 Å². The Labute approximate surface area is 200 Å². The molecule has 9 heteroatoms. The van der Waals surface area contributed by atoms with Crippen LogP contribution in [0.1, 0.15) is 18.4 Å². The summed E-state index contributed by atoms with van der Waals surface area (Å²) in [5.74, 6) is 2.30. The van der Waals surface area contributed by atoms with Crippen LogP contribution in [0, 0.1) is 6.92 Å². The van der Waals surface area contributed by atoms with Crippen LogP contribution in [-0.4, -0.2) is 66.6 Å². The molecule has 34 heavy (non-hydrogen) atoms. The molecule has 2 aromatic heterocycles. The number of aromatic nitrogens is 3. The third-order valence-corrected chi connectivity index (χ3v) is 5.27. The van der Waals surface area contributed by atoms with E-state index in [0.717, 1.165) is 41.4 Å². The maximum Gasteiger partial charge on any atom is 0.162 e. The van der Waals surface area contributed by atoms with E-state index in [2.05, 4.69) is 20.6 Å². The molecule has 9 nitrogen and oxygen atoms in total. The van der Waals surface area contributed by atoms with E-state index in [-0.39, 0.29) is 6.61 Å². The van der Waals surface area contributed by atoms with Gasteiger partial charge in [0.05, 0.1) is 5.69 Å². The number of nitrogens with one attached hydrogen (secondary N) is 2. The Morgan fingerprint density at radius 1 is 1.12 bits per heavy atom. The molecule has 1 aliphatic heterocycles. The number of benzene rings is 1. The van der Waals surface area contributed by atoms with Gasteiger partial charge in [0.15, 0.2) is 5.82 Å². The van der Waals surface area contributed by atoms with Gasteiger partial charge < -0.3 is 30.9 Å². The second-order valence-corrected chi connectivity index (χ2v) is 7.96. The van der Waals surface area contributed by atoms with Gasteiger partial charge in [-0.05, 0) is 51.1 Å². The molecule has 0 saturated carbocycles. The third-order valence-electron chi connectivity index (χ3n) is 5.27. The minimum atomic E-state index is -0.588. The van der Waals surface area contributed by atoms with E-state index in [1.165, 1.54) is 12.8 Å². The first-order valence-corrected chi connectivity index (χ1v) is 11.4. The van der Waals surface area contributed by atoms with E-state index in [1.807, 2.05) is 50.4 Å². The molecule has 3 aromatic rings. The van der Waals surface area contributed by atoms with Gasteiger partial charge >= 0.3 is 0 Å². The molecule has 182 valence electrons. The quantitative estimate of drug-likeness (QED) is 0.396. The average molecular weight is 467 g/mol. The fraction of sp³-hybridized carbons (Fsp3) is 0.400. The number of aliphatic hydroxyl groups is 1. The van der Waals surface area contributed by atoms with Crippen LogP contribution in [0.25, 0.3) is 22.6 Å². The summed E-state index contributed by atoms with van der Waals surface area (Å²) in [7, 11) is 3.60. The van der Waals surface area contributed by atoms with E-state index in [4.69, 9.17) is 20.2 Å². The van der Waals surface area contributed by atoms with Crippen LogP contribution in [-0.2, 0) is 4.74 Å². The zero-order valence-electron chi connectivity index (χ0n) is 20.0. The van der Waals surface area contributed by atoms with Crippen LogP contribution >= 0.6 is 0 Å². The van der Waals surface area contributed by atoms with Gasteiger partial charge in [-0.2, -0.15) is 0 Å². The minimum Gasteiger partial charge on any atom is -0.491 e. The lowest BCUT2D eigenvalue weighted by Crippen LogP contribution is -2.29. The molecule has 3 heterocycles. The van der Waals surface area contributed by atoms with Crippen molar-refractivity contribution in [1.29, 1.82) is 0 Å². The molecule has 0 radical (unpaired) electrons. The highest BCUT2D eigenvalue weighted by atomic mass is 16.5. The standard InChI is InChI=1S/C21H26N6O2.C4H8O/c1-13-19(14-7-8-25-18(10-14)24-3)26-21(27-20(13)22)15-5-4-6-17(9-15)29-12-16(28)11-23-2;1-2-4-5-3-1/h4-10,16,23,28H,11-12H2,1-3H3,(H,24,25)(H2,22,26,27);1-4H2. The first-order chi connectivity index (χ1) is 16.5. The SMILES string of the molecule is C1CCOC1.CNCC(O)COc1cccc(-c2nc(N)c(C)c(-c3ccnc(NC)c3)n2)c1. The predicted octanol–water partition coefficient (Wildman–Crippen LogP) is 2.89. The summed E-state index contributed by atoms with van der Waals surface area (Å²) >= 11 is 0. The molecular weight excluding hydrogens is 432 g/mol. The Balaban J connectivity index is 0.000000574. The van der Waals surface area contributed by atoms with Crippen molar-refractivity contribution in [1.82, 2.24) is 20.3 Å². The van der Waals surface area contributed by atoms with E-state index < -0.39 is 6.10 Å². The van der Waals surface area contributed by atoms with Crippen molar-refractivity contribution in [2.75, 3.05) is 51.5 Å². The number of pyridine rings is 1. The van der Waals surface area contributed by atoms with Crippen LogP contribution in [0.4, 0.5) is 11.6 Å². The maximum absolute atomic E-state index is 9.83. The summed E-state index contributed by atoms with van der Waals surface area (Å²) in [6.45, 7) is 4.55. The van der Waals surface area contributed by atoms with Crippen molar-refractivity contribution >= 4 is 11.6 Å². The monoisotopic (exact) mass is 466 g/mol. The van der Waals surface area contributed by atoms with Crippen LogP contribution in [0.5, 0.6) is 5.75 Å². The van der Waals surface area contributed by atoms with E-state index >= 15 is 0 Å². The maximum atomic E-state index is 9.83. The molecule has 0 aliphatic carbocycles. The van der Waals surface area contributed by atoms with Crippen molar-refractivity contribution < 1.29 is 14.6 Å². The van der Waals surface area contributed by atoms with Gasteiger partial charge in [0, 0.05) is 49.7 Å². The Morgan fingerprint density at radius 2 is 1.91 bits per heavy atom. The van der Waals surface area contributed by atoms with E-state index in [0.29, 0.717) is 23.9 Å². The fourth-order valence-corrected chi connectivity index (χ4v) is 3.38. The smallest absolute Gasteiger partial charge is 0.162 e. The van der Waals surface area contributed by atoms with Crippen LogP contribution in [0.3, 0.4) is 0 Å². The summed E-state index contributed by atoms with van der Waals surface area (Å²) in [4.78, 5) is 13.5. The van der Waals surface area contributed by atoms with Crippen LogP contribution in [0.15, 0.2) is 42.6 Å². The number of likely N-dealkylation sites (N-methyl/N-ethyl adjacent to an activating group) is 1. The normalized spacial score (nSPS) is 13.6. The van der Waals surface area contributed by atoms with Crippen molar-refractivity contribution in [2.24, 2.45) is 0 Å². The molecule has 0 bridgehead atoms. The third kappa shape index (κ3) is 7.11. The Bertz CT molecular complexity index is 1050. The number of rotatable bonds is 8. The number of anilines is 2. The number of ether oxygens (including phenoxy) is 2. The zero-order valence-corrected chi connectivity index (χ0v) is 20.0. The van der Waals surface area contributed by atoms with Crippen molar-refractivity contribution in [2.45, 2.75) is 25.9 Å². The molecule has 1 fully saturated rings. The highest BCUT2D eigenvalue weighted by Gasteiger charge is 2.14. The predicted molar refractivity (Wildman–Crippen MR) is 135 cm³/mol. The first kappa shape index (κ1) is 25.4. The van der Waals surface area contributed by atoms with Crippen molar-refractivity contribution in [3.05, 3.63) is 48.2 Å². The number of aliphatic hydroxyl groups excluding tert-OH is 1. The lowest BCUT2D eigenvalue weighted by Gasteiger charge is -2.13. The average Bonchev–Trinajstić information content (AvgIpc) is 3.45.